The summed E-state index contributed by atoms with van der Waals surface area (Å²) in [6.07, 6.45) is 1.46. The zero-order valence-electron chi connectivity index (χ0n) is 10.9. The Balaban J connectivity index is 2.72. The highest BCUT2D eigenvalue weighted by molar-refractivity contribution is 6.02. The van der Waals surface area contributed by atoms with E-state index < -0.39 is 6.29 Å². The molecule has 4 nitrogen and oxygen atoms in total. The van der Waals surface area contributed by atoms with Gasteiger partial charge in [-0.25, -0.2) is 0 Å². The molecule has 0 spiro atoms. The van der Waals surface area contributed by atoms with Gasteiger partial charge >= 0.3 is 0 Å². The lowest BCUT2D eigenvalue weighted by molar-refractivity contribution is -0.0961. The maximum absolute atomic E-state index is 9.98. The van der Waals surface area contributed by atoms with Crippen molar-refractivity contribution < 1.29 is 15.1 Å². The first-order chi connectivity index (χ1) is 8.72. The Bertz CT molecular complexity index is 365. The first kappa shape index (κ1) is 14.7. The maximum Gasteiger partial charge on any atom is 0.202 e. The minimum absolute atomic E-state index is 0.0227. The summed E-state index contributed by atoms with van der Waals surface area (Å²) in [5.41, 5.74) is 0.795. The molecular formula is C14H21NO3. The third-order valence-corrected chi connectivity index (χ3v) is 2.80. The van der Waals surface area contributed by atoms with E-state index in [0.29, 0.717) is 5.56 Å². The molecule has 18 heavy (non-hydrogen) atoms. The van der Waals surface area contributed by atoms with Crippen molar-refractivity contribution in [1.82, 2.24) is 0 Å². The largest absolute Gasteiger partial charge is 0.410 e. The van der Waals surface area contributed by atoms with E-state index in [9.17, 15) is 5.11 Å². The van der Waals surface area contributed by atoms with Gasteiger partial charge in [0, 0.05) is 5.56 Å². The summed E-state index contributed by atoms with van der Waals surface area (Å²) in [4.78, 5) is 0. The molecule has 0 aromatic heterocycles. The zero-order chi connectivity index (χ0) is 13.4. The van der Waals surface area contributed by atoms with Crippen molar-refractivity contribution in [3.05, 3.63) is 35.9 Å². The lowest BCUT2D eigenvalue weighted by Gasteiger charge is -2.20. The quantitative estimate of drug-likeness (QED) is 0.339. The van der Waals surface area contributed by atoms with Crippen molar-refractivity contribution in [2.75, 3.05) is 0 Å². The summed E-state index contributed by atoms with van der Waals surface area (Å²) in [7, 11) is 0. The molecule has 2 N–H and O–H groups in total. The van der Waals surface area contributed by atoms with Crippen LogP contribution in [-0.4, -0.2) is 28.4 Å². The number of hydrogen-bond donors (Lipinski definition) is 2. The molecule has 1 rings (SSSR count). The molecular weight excluding hydrogens is 230 g/mol. The zero-order valence-corrected chi connectivity index (χ0v) is 10.9. The Labute approximate surface area is 108 Å². The van der Waals surface area contributed by atoms with Crippen LogP contribution in [-0.2, 0) is 4.74 Å². The number of hydrogen-bond acceptors (Lipinski definition) is 4. The third kappa shape index (κ3) is 4.13. The van der Waals surface area contributed by atoms with Crippen LogP contribution < -0.4 is 0 Å². The van der Waals surface area contributed by atoms with Crippen molar-refractivity contribution in [2.45, 2.75) is 45.5 Å². The van der Waals surface area contributed by atoms with Crippen LogP contribution in [0.5, 0.6) is 0 Å². The molecule has 0 radical (unpaired) electrons. The summed E-state index contributed by atoms with van der Waals surface area (Å²) in [6.45, 7) is 4.07. The van der Waals surface area contributed by atoms with E-state index in [1.165, 1.54) is 0 Å². The fraction of sp³-hybridized carbons (Fsp3) is 0.500. The van der Waals surface area contributed by atoms with Gasteiger partial charge in [-0.15, -0.1) is 0 Å². The van der Waals surface area contributed by atoms with Gasteiger partial charge in [-0.3, -0.25) is 0 Å². The predicted molar refractivity (Wildman–Crippen MR) is 70.8 cm³/mol. The van der Waals surface area contributed by atoms with Crippen molar-refractivity contribution in [3.63, 3.8) is 0 Å². The van der Waals surface area contributed by atoms with Gasteiger partial charge in [-0.2, -0.15) is 0 Å². The van der Waals surface area contributed by atoms with Gasteiger partial charge in [0.05, 0.1) is 6.10 Å². The fourth-order valence-corrected chi connectivity index (χ4v) is 1.80. The van der Waals surface area contributed by atoms with Crippen LogP contribution in [0.1, 0.15) is 38.7 Å². The molecule has 0 amide bonds. The van der Waals surface area contributed by atoms with Crippen LogP contribution >= 0.6 is 0 Å². The Morgan fingerprint density at radius 2 is 1.94 bits per heavy atom. The van der Waals surface area contributed by atoms with E-state index in [0.717, 1.165) is 19.3 Å². The van der Waals surface area contributed by atoms with Crippen molar-refractivity contribution >= 4 is 5.71 Å². The van der Waals surface area contributed by atoms with Gasteiger partial charge in [0.15, 0.2) is 0 Å². The van der Waals surface area contributed by atoms with Crippen LogP contribution in [0.15, 0.2) is 35.5 Å². The van der Waals surface area contributed by atoms with Crippen LogP contribution in [0.3, 0.4) is 0 Å². The molecule has 0 aliphatic rings. The topological polar surface area (TPSA) is 62.0 Å². The molecule has 4 heteroatoms. The highest BCUT2D eigenvalue weighted by Gasteiger charge is 2.19. The van der Waals surface area contributed by atoms with Gasteiger partial charge in [0.2, 0.25) is 6.29 Å². The number of aliphatic hydroxyl groups is 1. The summed E-state index contributed by atoms with van der Waals surface area (Å²) >= 11 is 0. The van der Waals surface area contributed by atoms with E-state index in [4.69, 9.17) is 9.94 Å². The molecule has 0 saturated carbocycles. The standard InChI is InChI=1S/C14H21NO3/c1-3-8-12(4-2)18-14(16)13(15-17)11-9-6-5-7-10-11/h5-7,9-10,12,14,16-17H,3-4,8H2,1-2H3. The second-order valence-corrected chi connectivity index (χ2v) is 4.16. The highest BCUT2D eigenvalue weighted by atomic mass is 16.6. The van der Waals surface area contributed by atoms with Crippen LogP contribution in [0, 0.1) is 0 Å². The van der Waals surface area contributed by atoms with E-state index in [1.807, 2.05) is 25.1 Å². The minimum Gasteiger partial charge on any atom is -0.410 e. The average molecular weight is 251 g/mol. The smallest absolute Gasteiger partial charge is 0.202 e. The van der Waals surface area contributed by atoms with Crippen molar-refractivity contribution in [3.8, 4) is 0 Å². The lowest BCUT2D eigenvalue weighted by atomic mass is 10.1. The Kier molecular flexibility index (Phi) is 6.39. The van der Waals surface area contributed by atoms with Gasteiger partial charge < -0.3 is 15.1 Å². The first-order valence-corrected chi connectivity index (χ1v) is 6.33. The van der Waals surface area contributed by atoms with Gasteiger partial charge in [0.1, 0.15) is 5.71 Å². The molecule has 0 heterocycles. The predicted octanol–water partition coefficient (Wildman–Crippen LogP) is 2.78. The molecule has 0 aliphatic heterocycles. The monoisotopic (exact) mass is 251 g/mol. The number of ether oxygens (including phenoxy) is 1. The number of benzene rings is 1. The normalized spacial score (nSPS) is 15.4. The minimum atomic E-state index is -1.20. The maximum atomic E-state index is 9.98. The number of oxime groups is 1. The van der Waals surface area contributed by atoms with E-state index in [1.54, 1.807) is 12.1 Å². The summed E-state index contributed by atoms with van der Waals surface area (Å²) in [5.74, 6) is 0. The molecule has 2 atom stereocenters. The Hall–Kier alpha value is -1.39. The Morgan fingerprint density at radius 3 is 2.44 bits per heavy atom. The van der Waals surface area contributed by atoms with Gasteiger partial charge in [-0.1, -0.05) is 55.8 Å². The second kappa shape index (κ2) is 7.84. The number of aliphatic hydroxyl groups excluding tert-OH is 1. The van der Waals surface area contributed by atoms with Gasteiger partial charge in [-0.05, 0) is 12.8 Å². The average Bonchev–Trinajstić information content (AvgIpc) is 2.40. The number of nitrogens with zero attached hydrogens (tertiary/aromatic N) is 1. The molecule has 1 aromatic carbocycles. The molecule has 100 valence electrons. The van der Waals surface area contributed by atoms with E-state index in [-0.39, 0.29) is 11.8 Å². The second-order valence-electron chi connectivity index (χ2n) is 4.16. The Morgan fingerprint density at radius 1 is 1.28 bits per heavy atom. The molecule has 0 aliphatic carbocycles. The fourth-order valence-electron chi connectivity index (χ4n) is 1.80. The van der Waals surface area contributed by atoms with E-state index in [2.05, 4.69) is 12.1 Å². The molecule has 1 aromatic rings. The summed E-state index contributed by atoms with van der Waals surface area (Å²) in [5, 5.41) is 22.1. The molecule has 0 fully saturated rings. The molecule has 0 saturated heterocycles. The van der Waals surface area contributed by atoms with Crippen LogP contribution in [0.4, 0.5) is 0 Å². The summed E-state index contributed by atoms with van der Waals surface area (Å²) < 4.78 is 5.51. The summed E-state index contributed by atoms with van der Waals surface area (Å²) in [6, 6.07) is 9.02. The van der Waals surface area contributed by atoms with Crippen molar-refractivity contribution in [1.29, 1.82) is 0 Å². The molecule has 2 unspecified atom stereocenters. The van der Waals surface area contributed by atoms with Crippen LogP contribution in [0.2, 0.25) is 0 Å². The number of rotatable bonds is 7. The first-order valence-electron chi connectivity index (χ1n) is 6.33. The SMILES string of the molecule is CCCC(CC)OC(O)C(=NO)c1ccccc1. The van der Waals surface area contributed by atoms with Crippen molar-refractivity contribution in [2.24, 2.45) is 5.16 Å². The van der Waals surface area contributed by atoms with E-state index >= 15 is 0 Å². The third-order valence-electron chi connectivity index (χ3n) is 2.80. The lowest BCUT2D eigenvalue weighted by Crippen LogP contribution is -2.29. The van der Waals surface area contributed by atoms with Crippen LogP contribution in [0.25, 0.3) is 0 Å². The highest BCUT2D eigenvalue weighted by Crippen LogP contribution is 2.12. The molecule has 0 bridgehead atoms. The van der Waals surface area contributed by atoms with Gasteiger partial charge in [0.25, 0.3) is 0 Å².